The number of piperidine rings is 2. The van der Waals surface area contributed by atoms with E-state index < -0.39 is 10.2 Å². The van der Waals surface area contributed by atoms with E-state index in [1.807, 2.05) is 0 Å². The maximum absolute atomic E-state index is 12.4. The lowest BCUT2D eigenvalue weighted by Crippen LogP contribution is -2.51. The molecule has 128 valence electrons. The molecule has 0 radical (unpaired) electrons. The molecule has 0 aliphatic carbocycles. The van der Waals surface area contributed by atoms with Crippen molar-refractivity contribution in [2.75, 3.05) is 32.8 Å². The van der Waals surface area contributed by atoms with E-state index in [4.69, 9.17) is 4.74 Å². The van der Waals surface area contributed by atoms with Gasteiger partial charge in [0.15, 0.2) is 0 Å². The molecule has 1 N–H and O–H groups in total. The van der Waals surface area contributed by atoms with E-state index in [9.17, 15) is 13.2 Å². The summed E-state index contributed by atoms with van der Waals surface area (Å²) < 4.78 is 34.1. The number of nitrogens with zero attached hydrogens (tertiary/aromatic N) is 2. The molecule has 8 heteroatoms. The Morgan fingerprint density at radius 3 is 2.27 bits per heavy atom. The van der Waals surface area contributed by atoms with E-state index in [-0.39, 0.29) is 12.1 Å². The minimum atomic E-state index is -3.41. The van der Waals surface area contributed by atoms with E-state index in [2.05, 4.69) is 11.6 Å². The Bertz CT molecular complexity index is 466. The molecule has 0 spiro atoms. The number of ether oxygens (including phenoxy) is 1. The number of hydrogen-bond acceptors (Lipinski definition) is 4. The van der Waals surface area contributed by atoms with Crippen molar-refractivity contribution < 1.29 is 17.9 Å². The minimum Gasteiger partial charge on any atom is -0.450 e. The molecule has 2 aliphatic rings. The van der Waals surface area contributed by atoms with E-state index in [1.165, 1.54) is 0 Å². The van der Waals surface area contributed by atoms with Gasteiger partial charge in [0, 0.05) is 32.2 Å². The van der Waals surface area contributed by atoms with Gasteiger partial charge in [0.05, 0.1) is 6.61 Å². The van der Waals surface area contributed by atoms with Gasteiger partial charge in [-0.05, 0) is 38.5 Å². The lowest BCUT2D eigenvalue weighted by Gasteiger charge is -2.34. The highest BCUT2D eigenvalue weighted by Gasteiger charge is 2.31. The predicted octanol–water partition coefficient (Wildman–Crippen LogP) is 1.17. The fourth-order valence-electron chi connectivity index (χ4n) is 2.91. The number of nitrogens with one attached hydrogen (secondary N) is 1. The van der Waals surface area contributed by atoms with Gasteiger partial charge in [-0.3, -0.25) is 0 Å². The predicted molar refractivity (Wildman–Crippen MR) is 83.6 cm³/mol. The van der Waals surface area contributed by atoms with Gasteiger partial charge in [0.1, 0.15) is 0 Å². The summed E-state index contributed by atoms with van der Waals surface area (Å²) in [6, 6.07) is -0.102. The lowest BCUT2D eigenvalue weighted by molar-refractivity contribution is 0.0964. The molecule has 2 fully saturated rings. The maximum Gasteiger partial charge on any atom is 0.409 e. The quantitative estimate of drug-likeness (QED) is 0.838. The Morgan fingerprint density at radius 1 is 1.14 bits per heavy atom. The van der Waals surface area contributed by atoms with Crippen molar-refractivity contribution in [3.8, 4) is 0 Å². The summed E-state index contributed by atoms with van der Waals surface area (Å²) >= 11 is 0. The van der Waals surface area contributed by atoms with Crippen molar-refractivity contribution in [3.63, 3.8) is 0 Å². The van der Waals surface area contributed by atoms with E-state index in [0.717, 1.165) is 12.8 Å². The van der Waals surface area contributed by atoms with Crippen LogP contribution < -0.4 is 4.72 Å². The number of hydrogen-bond donors (Lipinski definition) is 1. The van der Waals surface area contributed by atoms with Crippen LogP contribution in [0.25, 0.3) is 0 Å². The topological polar surface area (TPSA) is 79.0 Å². The SMILES string of the molecule is CCOC(=O)N1CCC(NS(=O)(=O)N2CCC(C)CC2)CC1. The third-order valence-electron chi connectivity index (χ3n) is 4.42. The Balaban J connectivity index is 1.81. The van der Waals surface area contributed by atoms with Gasteiger partial charge >= 0.3 is 6.09 Å². The van der Waals surface area contributed by atoms with E-state index >= 15 is 0 Å². The molecule has 2 saturated heterocycles. The first kappa shape index (κ1) is 17.5. The standard InChI is InChI=1S/C14H27N3O4S/c1-3-21-14(18)16-8-6-13(7-9-16)15-22(19,20)17-10-4-12(2)5-11-17/h12-13,15H,3-11H2,1-2H3. The average molecular weight is 333 g/mol. The molecular weight excluding hydrogens is 306 g/mol. The van der Waals surface area contributed by atoms with Crippen LogP contribution in [0.5, 0.6) is 0 Å². The molecule has 0 aromatic rings. The van der Waals surface area contributed by atoms with Crippen LogP contribution in [0, 0.1) is 5.92 Å². The Labute approximate surface area is 133 Å². The summed E-state index contributed by atoms with van der Waals surface area (Å²) in [5.41, 5.74) is 0. The van der Waals surface area contributed by atoms with Crippen molar-refractivity contribution >= 4 is 16.3 Å². The largest absolute Gasteiger partial charge is 0.450 e. The molecule has 7 nitrogen and oxygen atoms in total. The molecule has 2 aliphatic heterocycles. The number of rotatable bonds is 4. The zero-order valence-electron chi connectivity index (χ0n) is 13.5. The summed E-state index contributed by atoms with van der Waals surface area (Å²) in [4.78, 5) is 13.3. The third-order valence-corrected chi connectivity index (χ3v) is 6.10. The summed E-state index contributed by atoms with van der Waals surface area (Å²) in [6.45, 7) is 6.54. The molecule has 0 atom stereocenters. The normalized spacial score (nSPS) is 22.7. The molecule has 0 bridgehead atoms. The van der Waals surface area contributed by atoms with Gasteiger partial charge in [0.2, 0.25) is 0 Å². The zero-order chi connectivity index (χ0) is 16.2. The highest BCUT2D eigenvalue weighted by atomic mass is 32.2. The van der Waals surface area contributed by atoms with Gasteiger partial charge in [-0.2, -0.15) is 17.4 Å². The van der Waals surface area contributed by atoms with Crippen LogP contribution in [-0.2, 0) is 14.9 Å². The second-order valence-electron chi connectivity index (χ2n) is 6.16. The first-order valence-corrected chi connectivity index (χ1v) is 9.55. The molecule has 0 aromatic heterocycles. The molecule has 0 aromatic carbocycles. The summed E-state index contributed by atoms with van der Waals surface area (Å²) in [7, 11) is -3.41. The van der Waals surface area contributed by atoms with Crippen molar-refractivity contribution in [1.29, 1.82) is 0 Å². The van der Waals surface area contributed by atoms with Gasteiger partial charge < -0.3 is 9.64 Å². The first-order chi connectivity index (χ1) is 10.4. The molecule has 2 rings (SSSR count). The molecule has 1 amide bonds. The smallest absolute Gasteiger partial charge is 0.409 e. The van der Waals surface area contributed by atoms with E-state index in [0.29, 0.717) is 51.5 Å². The van der Waals surface area contributed by atoms with Crippen LogP contribution in [0.3, 0.4) is 0 Å². The third kappa shape index (κ3) is 4.57. The van der Waals surface area contributed by atoms with Crippen molar-refractivity contribution in [2.24, 2.45) is 5.92 Å². The molecule has 0 saturated carbocycles. The Hall–Kier alpha value is -0.860. The van der Waals surface area contributed by atoms with Crippen molar-refractivity contribution in [2.45, 2.75) is 45.6 Å². The molecule has 2 heterocycles. The Morgan fingerprint density at radius 2 is 1.73 bits per heavy atom. The minimum absolute atomic E-state index is 0.102. The van der Waals surface area contributed by atoms with Crippen LogP contribution in [0.2, 0.25) is 0 Å². The molecular formula is C14H27N3O4S. The van der Waals surface area contributed by atoms with Crippen LogP contribution in [0.15, 0.2) is 0 Å². The Kier molecular flexibility index (Phi) is 6.05. The number of amides is 1. The van der Waals surface area contributed by atoms with Crippen molar-refractivity contribution in [3.05, 3.63) is 0 Å². The van der Waals surface area contributed by atoms with Crippen LogP contribution in [0.4, 0.5) is 4.79 Å². The van der Waals surface area contributed by atoms with Gasteiger partial charge in [0.25, 0.3) is 10.2 Å². The number of carbonyl (C=O) groups is 1. The molecule has 22 heavy (non-hydrogen) atoms. The first-order valence-electron chi connectivity index (χ1n) is 8.11. The summed E-state index contributed by atoms with van der Waals surface area (Å²) in [5, 5.41) is 0. The maximum atomic E-state index is 12.4. The van der Waals surface area contributed by atoms with Crippen LogP contribution in [-0.4, -0.2) is 62.5 Å². The monoisotopic (exact) mass is 333 g/mol. The number of carbonyl (C=O) groups excluding carboxylic acids is 1. The van der Waals surface area contributed by atoms with Gasteiger partial charge in [-0.15, -0.1) is 0 Å². The highest BCUT2D eigenvalue weighted by molar-refractivity contribution is 7.87. The van der Waals surface area contributed by atoms with Crippen molar-refractivity contribution in [1.82, 2.24) is 13.9 Å². The average Bonchev–Trinajstić information content (AvgIpc) is 2.48. The van der Waals surface area contributed by atoms with Crippen LogP contribution in [0.1, 0.15) is 39.5 Å². The van der Waals surface area contributed by atoms with Gasteiger partial charge in [-0.25, -0.2) is 4.79 Å². The molecule has 0 unspecified atom stereocenters. The zero-order valence-corrected chi connectivity index (χ0v) is 14.3. The second kappa shape index (κ2) is 7.61. The fraction of sp³-hybridized carbons (Fsp3) is 0.929. The number of likely N-dealkylation sites (tertiary alicyclic amines) is 1. The fourth-order valence-corrected chi connectivity index (χ4v) is 4.40. The highest BCUT2D eigenvalue weighted by Crippen LogP contribution is 2.19. The second-order valence-corrected chi connectivity index (χ2v) is 7.87. The van der Waals surface area contributed by atoms with Gasteiger partial charge in [-0.1, -0.05) is 6.92 Å². The van der Waals surface area contributed by atoms with Crippen LogP contribution >= 0.6 is 0 Å². The summed E-state index contributed by atoms with van der Waals surface area (Å²) in [6.07, 6.45) is 2.78. The lowest BCUT2D eigenvalue weighted by atomic mass is 10.0. The summed E-state index contributed by atoms with van der Waals surface area (Å²) in [5.74, 6) is 0.597. The van der Waals surface area contributed by atoms with E-state index in [1.54, 1.807) is 16.1 Å².